The predicted octanol–water partition coefficient (Wildman–Crippen LogP) is 2.58. The van der Waals surface area contributed by atoms with Crippen molar-refractivity contribution in [1.82, 2.24) is 0 Å². The van der Waals surface area contributed by atoms with Crippen LogP contribution in [0.15, 0.2) is 0 Å². The fourth-order valence-electron chi connectivity index (χ4n) is 5.01. The van der Waals surface area contributed by atoms with Crippen molar-refractivity contribution in [3.63, 3.8) is 0 Å². The molecule has 2 saturated carbocycles. The average Bonchev–Trinajstić information content (AvgIpc) is 2.55. The van der Waals surface area contributed by atoms with E-state index in [4.69, 9.17) is 4.74 Å². The maximum absolute atomic E-state index is 12.5. The highest BCUT2D eigenvalue weighted by molar-refractivity contribution is 5.93. The molecule has 4 atom stereocenters. The van der Waals surface area contributed by atoms with E-state index in [2.05, 4.69) is 20.8 Å². The predicted molar refractivity (Wildman–Crippen MR) is 66.8 cm³/mol. The summed E-state index contributed by atoms with van der Waals surface area (Å²) in [6.45, 7) is 6.92. The van der Waals surface area contributed by atoms with E-state index in [0.29, 0.717) is 18.8 Å². The van der Waals surface area contributed by atoms with Crippen LogP contribution in [0.1, 0.15) is 46.5 Å². The largest absolute Gasteiger partial charge is 0.465 e. The van der Waals surface area contributed by atoms with Crippen molar-refractivity contribution in [2.24, 2.45) is 28.6 Å². The Hall–Kier alpha value is -0.860. The molecule has 1 aliphatic heterocycles. The van der Waals surface area contributed by atoms with E-state index in [1.807, 2.05) is 0 Å². The Morgan fingerprint density at radius 1 is 1.22 bits per heavy atom. The van der Waals surface area contributed by atoms with Gasteiger partial charge >= 0.3 is 5.97 Å². The summed E-state index contributed by atoms with van der Waals surface area (Å²) in [7, 11) is 0. The number of cyclic esters (lactones) is 1. The summed E-state index contributed by atoms with van der Waals surface area (Å²) in [5.74, 6) is 0.629. The van der Waals surface area contributed by atoms with Gasteiger partial charge in [-0.2, -0.15) is 0 Å². The van der Waals surface area contributed by atoms with Crippen molar-refractivity contribution >= 4 is 11.8 Å². The first-order valence-electron chi connectivity index (χ1n) is 7.09. The lowest BCUT2D eigenvalue weighted by molar-refractivity contribution is -0.168. The summed E-state index contributed by atoms with van der Waals surface area (Å²) in [4.78, 5) is 24.9. The van der Waals surface area contributed by atoms with E-state index < -0.39 is 5.41 Å². The third-order valence-electron chi connectivity index (χ3n) is 5.68. The minimum Gasteiger partial charge on any atom is -0.465 e. The molecular weight excluding hydrogens is 228 g/mol. The minimum atomic E-state index is -0.490. The average molecular weight is 250 g/mol. The third-order valence-corrected chi connectivity index (χ3v) is 5.68. The summed E-state index contributed by atoms with van der Waals surface area (Å²) in [5.41, 5.74) is -0.548. The Labute approximate surface area is 108 Å². The zero-order valence-electron chi connectivity index (χ0n) is 11.5. The Balaban J connectivity index is 2.13. The molecule has 0 N–H and O–H groups in total. The van der Waals surface area contributed by atoms with Crippen LogP contribution >= 0.6 is 0 Å². The van der Waals surface area contributed by atoms with E-state index >= 15 is 0 Å². The van der Waals surface area contributed by atoms with Gasteiger partial charge in [0.15, 0.2) is 0 Å². The molecule has 100 valence electrons. The normalized spacial score (nSPS) is 46.3. The number of esters is 1. The lowest BCUT2D eigenvalue weighted by Crippen LogP contribution is -2.58. The number of hydrogen-bond acceptors (Lipinski definition) is 3. The van der Waals surface area contributed by atoms with Gasteiger partial charge in [0.25, 0.3) is 0 Å². The van der Waals surface area contributed by atoms with Crippen molar-refractivity contribution in [3.8, 4) is 0 Å². The van der Waals surface area contributed by atoms with Gasteiger partial charge in [0.05, 0.1) is 12.0 Å². The van der Waals surface area contributed by atoms with E-state index in [-0.39, 0.29) is 29.1 Å². The fraction of sp³-hybridized carbons (Fsp3) is 0.867. The lowest BCUT2D eigenvalue weighted by atomic mass is 9.46. The van der Waals surface area contributed by atoms with Crippen molar-refractivity contribution in [2.75, 3.05) is 6.61 Å². The minimum absolute atomic E-state index is 0.0584. The molecule has 1 saturated heterocycles. The summed E-state index contributed by atoms with van der Waals surface area (Å²) in [6.07, 6.45) is 3.55. The monoisotopic (exact) mass is 250 g/mol. The highest BCUT2D eigenvalue weighted by atomic mass is 16.5. The van der Waals surface area contributed by atoms with Crippen molar-refractivity contribution in [1.29, 1.82) is 0 Å². The van der Waals surface area contributed by atoms with Crippen LogP contribution in [0, 0.1) is 28.6 Å². The topological polar surface area (TPSA) is 43.4 Å². The van der Waals surface area contributed by atoms with Crippen LogP contribution in [0.2, 0.25) is 0 Å². The molecular formula is C15H22O3. The molecule has 0 amide bonds. The maximum Gasteiger partial charge on any atom is 0.313 e. The molecule has 0 aromatic heterocycles. The number of carbonyl (C=O) groups is 2. The quantitative estimate of drug-likeness (QED) is 0.621. The Bertz CT molecular complexity index is 412. The van der Waals surface area contributed by atoms with Crippen LogP contribution in [-0.2, 0) is 14.3 Å². The molecule has 18 heavy (non-hydrogen) atoms. The second-order valence-electron chi connectivity index (χ2n) is 7.17. The van der Waals surface area contributed by atoms with Crippen LogP contribution < -0.4 is 0 Å². The summed E-state index contributed by atoms with van der Waals surface area (Å²) < 4.78 is 5.38. The van der Waals surface area contributed by atoms with Crippen LogP contribution in [0.4, 0.5) is 0 Å². The van der Waals surface area contributed by atoms with Crippen LogP contribution in [0.5, 0.6) is 0 Å². The maximum atomic E-state index is 12.5. The first-order chi connectivity index (χ1) is 8.39. The summed E-state index contributed by atoms with van der Waals surface area (Å²) in [6, 6.07) is 0. The summed E-state index contributed by atoms with van der Waals surface area (Å²) in [5, 5.41) is 0. The number of rotatable bonds is 0. The molecule has 0 unspecified atom stereocenters. The number of hydrogen-bond donors (Lipinski definition) is 0. The van der Waals surface area contributed by atoms with E-state index in [1.165, 1.54) is 0 Å². The van der Waals surface area contributed by atoms with Gasteiger partial charge in [-0.05, 0) is 24.2 Å². The standard InChI is InChI=1S/C15H22O3/c1-9-7-11(16)12-14(2,3)5-4-6-15(12)10(9)8-18-13(15)17/h9-10,12H,4-8H2,1-3H3/t9-,10+,12-,15+/m1/s1. The van der Waals surface area contributed by atoms with Gasteiger partial charge in [-0.15, -0.1) is 0 Å². The molecule has 3 rings (SSSR count). The molecule has 2 aliphatic carbocycles. The van der Waals surface area contributed by atoms with Gasteiger partial charge in [-0.1, -0.05) is 27.2 Å². The van der Waals surface area contributed by atoms with Crippen LogP contribution in [0.3, 0.4) is 0 Å². The Morgan fingerprint density at radius 3 is 2.67 bits per heavy atom. The van der Waals surface area contributed by atoms with Gasteiger partial charge in [0, 0.05) is 18.3 Å². The van der Waals surface area contributed by atoms with Gasteiger partial charge < -0.3 is 4.74 Å². The first-order valence-corrected chi connectivity index (χ1v) is 7.09. The Kier molecular flexibility index (Phi) is 2.43. The van der Waals surface area contributed by atoms with Gasteiger partial charge in [0.1, 0.15) is 5.78 Å². The molecule has 0 bridgehead atoms. The van der Waals surface area contributed by atoms with Crippen molar-refractivity contribution in [2.45, 2.75) is 46.5 Å². The molecule has 1 spiro atoms. The molecule has 3 nitrogen and oxygen atoms in total. The molecule has 3 fully saturated rings. The lowest BCUT2D eigenvalue weighted by Gasteiger charge is -2.53. The zero-order valence-corrected chi connectivity index (χ0v) is 11.5. The molecule has 3 heteroatoms. The SMILES string of the molecule is C[C@@H]1CC(=O)[C@@H]2C(C)(C)CCC[C@@]23C(=O)OC[C@@H]13. The van der Waals surface area contributed by atoms with Gasteiger partial charge in [-0.3, -0.25) is 9.59 Å². The number of ether oxygens (including phenoxy) is 1. The third kappa shape index (κ3) is 1.31. The molecule has 0 aromatic rings. The van der Waals surface area contributed by atoms with Crippen LogP contribution in [0.25, 0.3) is 0 Å². The second kappa shape index (κ2) is 3.58. The fourth-order valence-corrected chi connectivity index (χ4v) is 5.01. The number of Topliss-reactive ketones (excluding diaryl/α,β-unsaturated/α-hetero) is 1. The number of carbonyl (C=O) groups excluding carboxylic acids is 2. The highest BCUT2D eigenvalue weighted by Crippen LogP contribution is 2.62. The highest BCUT2D eigenvalue weighted by Gasteiger charge is 2.67. The van der Waals surface area contributed by atoms with E-state index in [9.17, 15) is 9.59 Å². The molecule has 1 heterocycles. The molecule has 3 aliphatic rings. The van der Waals surface area contributed by atoms with Gasteiger partial charge in [0.2, 0.25) is 0 Å². The van der Waals surface area contributed by atoms with Crippen molar-refractivity contribution in [3.05, 3.63) is 0 Å². The smallest absolute Gasteiger partial charge is 0.313 e. The molecule has 0 aromatic carbocycles. The van der Waals surface area contributed by atoms with Crippen LogP contribution in [-0.4, -0.2) is 18.4 Å². The second-order valence-corrected chi connectivity index (χ2v) is 7.17. The van der Waals surface area contributed by atoms with E-state index in [1.54, 1.807) is 0 Å². The zero-order chi connectivity index (χ0) is 13.1. The van der Waals surface area contributed by atoms with Gasteiger partial charge in [-0.25, -0.2) is 0 Å². The Morgan fingerprint density at radius 2 is 1.94 bits per heavy atom. The summed E-state index contributed by atoms with van der Waals surface area (Å²) >= 11 is 0. The van der Waals surface area contributed by atoms with Crippen molar-refractivity contribution < 1.29 is 14.3 Å². The molecule has 0 radical (unpaired) electrons. The van der Waals surface area contributed by atoms with E-state index in [0.717, 1.165) is 19.3 Å². The number of ketones is 1. The first kappa shape index (κ1) is 12.2.